The molecule has 0 aromatic carbocycles. The number of nitrogens with zero attached hydrogens (tertiary/aromatic N) is 5. The molecular formula is C20H30N6O3. The van der Waals surface area contributed by atoms with Crippen LogP contribution < -0.4 is 11.2 Å². The Kier molecular flexibility index (Phi) is 7.76. The second-order valence-corrected chi connectivity index (χ2v) is 7.69. The molecule has 1 N–H and O–H groups in total. The number of aromatic nitrogens is 4. The predicted molar refractivity (Wildman–Crippen MR) is 111 cm³/mol. The molecule has 9 heteroatoms. The lowest BCUT2D eigenvalue weighted by atomic mass is 10.2. The summed E-state index contributed by atoms with van der Waals surface area (Å²) in [4.78, 5) is 45.8. The summed E-state index contributed by atoms with van der Waals surface area (Å²) < 4.78 is 3.35. The normalized spacial score (nSPS) is 11.2. The maximum absolute atomic E-state index is 12.6. The third-order valence-corrected chi connectivity index (χ3v) is 4.79. The monoisotopic (exact) mass is 402 g/mol. The van der Waals surface area contributed by atoms with Crippen molar-refractivity contribution in [3.05, 3.63) is 26.7 Å². The van der Waals surface area contributed by atoms with Crippen LogP contribution in [-0.4, -0.2) is 43.5 Å². The average molecular weight is 402 g/mol. The highest BCUT2D eigenvalue weighted by Crippen LogP contribution is 2.16. The van der Waals surface area contributed by atoms with Crippen molar-refractivity contribution in [3.63, 3.8) is 0 Å². The number of rotatable bonds is 10. The largest absolute Gasteiger partial charge is 0.345 e. The second kappa shape index (κ2) is 10.0. The number of imidazole rings is 1. The molecule has 29 heavy (non-hydrogen) atoms. The highest BCUT2D eigenvalue weighted by Gasteiger charge is 2.20. The Balaban J connectivity index is 2.44. The van der Waals surface area contributed by atoms with Crippen LogP contribution in [-0.2, 0) is 24.3 Å². The van der Waals surface area contributed by atoms with Crippen LogP contribution in [0.4, 0.5) is 0 Å². The van der Waals surface area contributed by atoms with E-state index in [-0.39, 0.29) is 24.7 Å². The zero-order valence-corrected chi connectivity index (χ0v) is 17.7. The van der Waals surface area contributed by atoms with Crippen molar-refractivity contribution in [1.29, 1.82) is 5.26 Å². The third kappa shape index (κ3) is 5.34. The highest BCUT2D eigenvalue weighted by molar-refractivity contribution is 5.76. The van der Waals surface area contributed by atoms with Crippen molar-refractivity contribution in [2.24, 2.45) is 5.92 Å². The van der Waals surface area contributed by atoms with Gasteiger partial charge in [0.1, 0.15) is 5.82 Å². The maximum atomic E-state index is 12.6. The summed E-state index contributed by atoms with van der Waals surface area (Å²) in [5, 5.41) is 8.68. The molecule has 0 fully saturated rings. The van der Waals surface area contributed by atoms with Crippen LogP contribution >= 0.6 is 0 Å². The van der Waals surface area contributed by atoms with Crippen molar-refractivity contribution < 1.29 is 4.79 Å². The number of carbonyl (C=O) groups is 1. The van der Waals surface area contributed by atoms with Gasteiger partial charge in [0, 0.05) is 39.5 Å². The SMILES string of the molecule is CCCCn1c(=O)[nH]c(=O)c2c1nc(CCC(=O)N(C)CCC#N)n2CC(C)C. The van der Waals surface area contributed by atoms with Gasteiger partial charge in [-0.1, -0.05) is 27.2 Å². The van der Waals surface area contributed by atoms with Crippen molar-refractivity contribution in [2.75, 3.05) is 13.6 Å². The van der Waals surface area contributed by atoms with Gasteiger partial charge in [0.2, 0.25) is 5.91 Å². The Morgan fingerprint density at radius 3 is 2.66 bits per heavy atom. The molecule has 0 aliphatic heterocycles. The van der Waals surface area contributed by atoms with Gasteiger partial charge in [-0.3, -0.25) is 19.1 Å². The molecule has 2 heterocycles. The Morgan fingerprint density at radius 1 is 1.31 bits per heavy atom. The topological polar surface area (TPSA) is 117 Å². The van der Waals surface area contributed by atoms with Crippen LogP contribution in [0.15, 0.2) is 9.59 Å². The molecule has 0 bridgehead atoms. The lowest BCUT2D eigenvalue weighted by Gasteiger charge is -2.16. The van der Waals surface area contributed by atoms with E-state index in [1.807, 2.05) is 31.4 Å². The molecule has 2 aromatic rings. The number of fused-ring (bicyclic) bond motifs is 1. The smallest absolute Gasteiger partial charge is 0.330 e. The Hall–Kier alpha value is -2.89. The number of unbranched alkanes of at least 4 members (excludes halogenated alkanes) is 1. The molecule has 0 aliphatic rings. The highest BCUT2D eigenvalue weighted by atomic mass is 16.2. The summed E-state index contributed by atoms with van der Waals surface area (Å²) in [6.07, 6.45) is 2.58. The minimum absolute atomic E-state index is 0.0827. The summed E-state index contributed by atoms with van der Waals surface area (Å²) in [6.45, 7) is 7.55. The number of carbonyl (C=O) groups excluding carboxylic acids is 1. The van der Waals surface area contributed by atoms with Crippen molar-refractivity contribution >= 4 is 17.1 Å². The molecule has 0 saturated heterocycles. The first-order valence-electron chi connectivity index (χ1n) is 10.1. The summed E-state index contributed by atoms with van der Waals surface area (Å²) in [6, 6.07) is 2.03. The van der Waals surface area contributed by atoms with Crippen LogP contribution in [0.2, 0.25) is 0 Å². The van der Waals surface area contributed by atoms with E-state index in [1.165, 1.54) is 9.47 Å². The van der Waals surface area contributed by atoms with Gasteiger partial charge < -0.3 is 9.47 Å². The molecule has 158 valence electrons. The number of amides is 1. The molecule has 0 radical (unpaired) electrons. The molecular weight excluding hydrogens is 372 g/mol. The van der Waals surface area contributed by atoms with Gasteiger partial charge in [-0.05, 0) is 12.3 Å². The maximum Gasteiger partial charge on any atom is 0.330 e. The minimum atomic E-state index is -0.455. The zero-order valence-electron chi connectivity index (χ0n) is 17.7. The number of hydrogen-bond donors (Lipinski definition) is 1. The Morgan fingerprint density at radius 2 is 2.03 bits per heavy atom. The van der Waals surface area contributed by atoms with Crippen LogP contribution in [0.5, 0.6) is 0 Å². The second-order valence-electron chi connectivity index (χ2n) is 7.69. The summed E-state index contributed by atoms with van der Waals surface area (Å²) in [7, 11) is 1.67. The number of H-pyrrole nitrogens is 1. The van der Waals surface area contributed by atoms with Gasteiger partial charge in [0.05, 0.1) is 12.5 Å². The van der Waals surface area contributed by atoms with E-state index >= 15 is 0 Å². The van der Waals surface area contributed by atoms with Crippen molar-refractivity contribution in [2.45, 2.75) is 66.0 Å². The van der Waals surface area contributed by atoms with Crippen molar-refractivity contribution in [1.82, 2.24) is 24.0 Å². The fourth-order valence-electron chi connectivity index (χ4n) is 3.25. The standard InChI is InChI=1S/C20H30N6O3/c1-5-6-12-25-18-17(19(28)23-20(25)29)26(13-14(2)3)15(22-18)8-9-16(27)24(4)11-7-10-21/h14H,5-9,11-13H2,1-4H3,(H,23,28,29). The van der Waals surface area contributed by atoms with E-state index in [9.17, 15) is 14.4 Å². The average Bonchev–Trinajstić information content (AvgIpc) is 3.01. The summed E-state index contributed by atoms with van der Waals surface area (Å²) in [5.74, 6) is 0.799. The number of nitriles is 1. The third-order valence-electron chi connectivity index (χ3n) is 4.79. The Labute approximate surface area is 170 Å². The predicted octanol–water partition coefficient (Wildman–Crippen LogP) is 1.65. The molecule has 9 nitrogen and oxygen atoms in total. The number of aryl methyl sites for hydroxylation is 2. The molecule has 2 rings (SSSR count). The van der Waals surface area contributed by atoms with Crippen LogP contribution in [0, 0.1) is 17.2 Å². The van der Waals surface area contributed by atoms with Gasteiger partial charge in [-0.2, -0.15) is 5.26 Å². The van der Waals surface area contributed by atoms with Crippen LogP contribution in [0.3, 0.4) is 0 Å². The molecule has 0 saturated carbocycles. The quantitative estimate of drug-likeness (QED) is 0.648. The minimum Gasteiger partial charge on any atom is -0.345 e. The fraction of sp³-hybridized carbons (Fsp3) is 0.650. The Bertz CT molecular complexity index is 1010. The summed E-state index contributed by atoms with van der Waals surface area (Å²) >= 11 is 0. The molecule has 0 unspecified atom stereocenters. The van der Waals surface area contributed by atoms with Gasteiger partial charge in [0.25, 0.3) is 5.56 Å². The first-order chi connectivity index (χ1) is 13.8. The molecule has 1 amide bonds. The number of nitrogens with one attached hydrogen (secondary N) is 1. The summed E-state index contributed by atoms with van der Waals surface area (Å²) in [5.41, 5.74) is -0.138. The molecule has 0 spiro atoms. The van der Waals surface area contributed by atoms with E-state index in [4.69, 9.17) is 5.26 Å². The van der Waals surface area contributed by atoms with Crippen LogP contribution in [0.25, 0.3) is 11.2 Å². The van der Waals surface area contributed by atoms with Crippen molar-refractivity contribution in [3.8, 4) is 6.07 Å². The van der Waals surface area contributed by atoms with E-state index < -0.39 is 11.2 Å². The van der Waals surface area contributed by atoms with Crippen LogP contribution in [0.1, 0.15) is 52.3 Å². The van der Waals surface area contributed by atoms with E-state index in [2.05, 4.69) is 9.97 Å². The van der Waals surface area contributed by atoms with Gasteiger partial charge in [-0.25, -0.2) is 9.78 Å². The van der Waals surface area contributed by atoms with E-state index in [0.717, 1.165) is 12.8 Å². The molecule has 0 aliphatic carbocycles. The fourth-order valence-corrected chi connectivity index (χ4v) is 3.25. The van der Waals surface area contributed by atoms with E-state index in [0.29, 0.717) is 43.0 Å². The molecule has 2 aromatic heterocycles. The number of hydrogen-bond acceptors (Lipinski definition) is 5. The first kappa shape index (κ1) is 22.4. The number of aromatic amines is 1. The van der Waals surface area contributed by atoms with Gasteiger partial charge >= 0.3 is 5.69 Å². The lowest BCUT2D eigenvalue weighted by Crippen LogP contribution is -2.31. The lowest BCUT2D eigenvalue weighted by molar-refractivity contribution is -0.129. The zero-order chi connectivity index (χ0) is 21.6. The van der Waals surface area contributed by atoms with E-state index in [1.54, 1.807) is 7.05 Å². The van der Waals surface area contributed by atoms with Gasteiger partial charge in [0.15, 0.2) is 11.2 Å². The molecule has 0 atom stereocenters. The van der Waals surface area contributed by atoms with Gasteiger partial charge in [-0.15, -0.1) is 0 Å². The first-order valence-corrected chi connectivity index (χ1v) is 10.1.